The van der Waals surface area contributed by atoms with Crippen molar-refractivity contribution in [2.75, 3.05) is 32.0 Å². The molecule has 3 aromatic rings. The maximum atomic E-state index is 5.36. The summed E-state index contributed by atoms with van der Waals surface area (Å²) in [5, 5.41) is 14.2. The van der Waals surface area contributed by atoms with Gasteiger partial charge in [-0.05, 0) is 24.3 Å². The molecule has 0 spiro atoms. The summed E-state index contributed by atoms with van der Waals surface area (Å²) >= 11 is 0. The molecule has 2 N–H and O–H groups in total. The number of methoxy groups -OCH3 is 3. The molecule has 0 aliphatic heterocycles. The van der Waals surface area contributed by atoms with Gasteiger partial charge < -0.3 is 24.8 Å². The van der Waals surface area contributed by atoms with E-state index in [4.69, 9.17) is 14.2 Å². The molecule has 0 unspecified atom stereocenters. The maximum Gasteiger partial charge on any atom is 0.249 e. The molecule has 3 rings (SSSR count). The lowest BCUT2D eigenvalue weighted by molar-refractivity contribution is 0.405. The second kappa shape index (κ2) is 8.02. The Kier molecular flexibility index (Phi) is 5.33. The van der Waals surface area contributed by atoms with Gasteiger partial charge in [0, 0.05) is 6.07 Å². The van der Waals surface area contributed by atoms with Gasteiger partial charge in [-0.3, -0.25) is 0 Å². The molecule has 0 aliphatic carbocycles. The van der Waals surface area contributed by atoms with Crippen LogP contribution in [-0.4, -0.2) is 36.5 Å². The summed E-state index contributed by atoms with van der Waals surface area (Å²) in [6.07, 6.45) is 1.52. The van der Waals surface area contributed by atoms with Gasteiger partial charge in [-0.25, -0.2) is 0 Å². The first-order valence-corrected chi connectivity index (χ1v) is 7.82. The predicted octanol–water partition coefficient (Wildman–Crippen LogP) is 3.38. The summed E-state index contributed by atoms with van der Waals surface area (Å²) in [5.74, 6) is 2.88. The van der Waals surface area contributed by atoms with E-state index in [1.807, 2.05) is 42.5 Å². The molecule has 0 atom stereocenters. The Balaban J connectivity index is 1.84. The fourth-order valence-corrected chi connectivity index (χ4v) is 2.33. The van der Waals surface area contributed by atoms with Crippen LogP contribution in [0.15, 0.2) is 48.7 Å². The number of rotatable bonds is 7. The van der Waals surface area contributed by atoms with Crippen LogP contribution in [0.25, 0.3) is 0 Å². The van der Waals surface area contributed by atoms with E-state index in [1.165, 1.54) is 6.20 Å². The summed E-state index contributed by atoms with van der Waals surface area (Å²) in [4.78, 5) is 4.42. The molecule has 1 heterocycles. The van der Waals surface area contributed by atoms with Crippen molar-refractivity contribution in [3.8, 4) is 17.2 Å². The van der Waals surface area contributed by atoms with Crippen molar-refractivity contribution in [3.05, 3.63) is 48.7 Å². The number of ether oxygens (including phenoxy) is 3. The maximum absolute atomic E-state index is 5.36. The number of benzene rings is 2. The van der Waals surface area contributed by atoms with Gasteiger partial charge in [0.05, 0.1) is 38.9 Å². The van der Waals surface area contributed by atoms with Crippen molar-refractivity contribution in [2.45, 2.75) is 0 Å². The van der Waals surface area contributed by atoms with Gasteiger partial charge in [0.25, 0.3) is 0 Å². The molecular weight excluding hydrogens is 334 g/mol. The standard InChI is InChI=1S/C18H19N5O3/c1-24-12-8-9-16(26-3)14(10-12)20-17-11-19-23-18(22-17)21-13-6-4-5-7-15(13)25-2/h4-11H,1-3H3,(H2,20,21,22,23). The lowest BCUT2D eigenvalue weighted by Gasteiger charge is -2.13. The minimum absolute atomic E-state index is 0.335. The molecule has 1 aromatic heterocycles. The van der Waals surface area contributed by atoms with Crippen molar-refractivity contribution in [1.82, 2.24) is 15.2 Å². The molecule has 0 bridgehead atoms. The second-order valence-corrected chi connectivity index (χ2v) is 5.18. The third kappa shape index (κ3) is 3.92. The Morgan fingerprint density at radius 2 is 1.58 bits per heavy atom. The van der Waals surface area contributed by atoms with Crippen LogP contribution in [0.4, 0.5) is 23.1 Å². The third-order valence-electron chi connectivity index (χ3n) is 3.58. The average Bonchev–Trinajstić information content (AvgIpc) is 2.68. The van der Waals surface area contributed by atoms with Crippen LogP contribution < -0.4 is 24.8 Å². The van der Waals surface area contributed by atoms with Crippen LogP contribution in [0.3, 0.4) is 0 Å². The number of nitrogens with one attached hydrogen (secondary N) is 2. The molecule has 0 saturated carbocycles. The van der Waals surface area contributed by atoms with Crippen molar-refractivity contribution in [2.24, 2.45) is 0 Å². The monoisotopic (exact) mass is 353 g/mol. The van der Waals surface area contributed by atoms with Gasteiger partial charge >= 0.3 is 0 Å². The number of aromatic nitrogens is 3. The fourth-order valence-electron chi connectivity index (χ4n) is 2.33. The molecule has 0 amide bonds. The quantitative estimate of drug-likeness (QED) is 0.668. The molecular formula is C18H19N5O3. The van der Waals surface area contributed by atoms with Crippen molar-refractivity contribution in [3.63, 3.8) is 0 Å². The van der Waals surface area contributed by atoms with Gasteiger partial charge in [-0.1, -0.05) is 12.1 Å². The molecule has 134 valence electrons. The van der Waals surface area contributed by atoms with Crippen LogP contribution in [0.2, 0.25) is 0 Å². The lowest BCUT2D eigenvalue weighted by Crippen LogP contribution is -2.04. The first-order chi connectivity index (χ1) is 12.7. The number of nitrogens with zero attached hydrogens (tertiary/aromatic N) is 3. The topological polar surface area (TPSA) is 90.4 Å². The minimum atomic E-state index is 0.335. The van der Waals surface area contributed by atoms with Crippen molar-refractivity contribution in [1.29, 1.82) is 0 Å². The summed E-state index contributed by atoms with van der Waals surface area (Å²) in [6.45, 7) is 0. The smallest absolute Gasteiger partial charge is 0.249 e. The van der Waals surface area contributed by atoms with Gasteiger partial charge in [-0.15, -0.1) is 5.10 Å². The fraction of sp³-hybridized carbons (Fsp3) is 0.167. The highest BCUT2D eigenvalue weighted by Crippen LogP contribution is 2.31. The SMILES string of the molecule is COc1ccc(OC)c(Nc2cnnc(Nc3ccccc3OC)n2)c1. The van der Waals surface area contributed by atoms with Crippen molar-refractivity contribution >= 4 is 23.1 Å². The highest BCUT2D eigenvalue weighted by molar-refractivity contribution is 5.67. The lowest BCUT2D eigenvalue weighted by atomic mass is 10.2. The Morgan fingerprint density at radius 3 is 2.35 bits per heavy atom. The summed E-state index contributed by atoms with van der Waals surface area (Å²) in [7, 11) is 4.81. The Bertz CT molecular complexity index is 888. The van der Waals surface area contributed by atoms with Crippen LogP contribution in [0.1, 0.15) is 0 Å². The van der Waals surface area contributed by atoms with Crippen LogP contribution in [0.5, 0.6) is 17.2 Å². The molecule has 26 heavy (non-hydrogen) atoms. The molecule has 0 fully saturated rings. The molecule has 0 saturated heterocycles. The van der Waals surface area contributed by atoms with E-state index < -0.39 is 0 Å². The molecule has 2 aromatic carbocycles. The predicted molar refractivity (Wildman–Crippen MR) is 98.9 cm³/mol. The van der Waals surface area contributed by atoms with Gasteiger partial charge in [0.15, 0.2) is 5.82 Å². The number of anilines is 4. The van der Waals surface area contributed by atoms with Crippen LogP contribution in [0, 0.1) is 0 Å². The average molecular weight is 353 g/mol. The summed E-state index contributed by atoms with van der Waals surface area (Å²) in [6, 6.07) is 12.9. The number of hydrogen-bond acceptors (Lipinski definition) is 8. The number of hydrogen-bond donors (Lipinski definition) is 2. The highest BCUT2D eigenvalue weighted by atomic mass is 16.5. The Labute approximate surface area is 151 Å². The molecule has 0 aliphatic rings. The van der Waals surface area contributed by atoms with Gasteiger partial charge in [0.2, 0.25) is 5.95 Å². The normalized spacial score (nSPS) is 10.1. The Hall–Kier alpha value is -3.55. The van der Waals surface area contributed by atoms with Crippen LogP contribution >= 0.6 is 0 Å². The van der Waals surface area contributed by atoms with E-state index in [9.17, 15) is 0 Å². The highest BCUT2D eigenvalue weighted by Gasteiger charge is 2.09. The van der Waals surface area contributed by atoms with E-state index in [0.717, 1.165) is 5.69 Å². The largest absolute Gasteiger partial charge is 0.497 e. The molecule has 8 nitrogen and oxygen atoms in total. The van der Waals surface area contributed by atoms with E-state index in [2.05, 4.69) is 25.8 Å². The minimum Gasteiger partial charge on any atom is -0.497 e. The van der Waals surface area contributed by atoms with Crippen molar-refractivity contribution < 1.29 is 14.2 Å². The van der Waals surface area contributed by atoms with E-state index in [0.29, 0.717) is 34.7 Å². The van der Waals surface area contributed by atoms with Gasteiger partial charge in [-0.2, -0.15) is 10.1 Å². The third-order valence-corrected chi connectivity index (χ3v) is 3.58. The second-order valence-electron chi connectivity index (χ2n) is 5.18. The first-order valence-electron chi connectivity index (χ1n) is 7.82. The zero-order chi connectivity index (χ0) is 18.4. The van der Waals surface area contributed by atoms with E-state index >= 15 is 0 Å². The van der Waals surface area contributed by atoms with Crippen LogP contribution in [-0.2, 0) is 0 Å². The molecule has 8 heteroatoms. The Morgan fingerprint density at radius 1 is 0.808 bits per heavy atom. The van der Waals surface area contributed by atoms with E-state index in [-0.39, 0.29) is 0 Å². The summed E-state index contributed by atoms with van der Waals surface area (Å²) < 4.78 is 15.9. The van der Waals surface area contributed by atoms with E-state index in [1.54, 1.807) is 21.3 Å². The first kappa shape index (κ1) is 17.3. The summed E-state index contributed by atoms with van der Waals surface area (Å²) in [5.41, 5.74) is 1.45. The molecule has 0 radical (unpaired) electrons. The van der Waals surface area contributed by atoms with Gasteiger partial charge in [0.1, 0.15) is 17.2 Å². The number of para-hydroxylation sites is 2. The zero-order valence-corrected chi connectivity index (χ0v) is 14.7. The zero-order valence-electron chi connectivity index (χ0n) is 14.7.